The molecule has 1 fully saturated rings. The fourth-order valence-electron chi connectivity index (χ4n) is 2.59. The molecule has 0 radical (unpaired) electrons. The summed E-state index contributed by atoms with van der Waals surface area (Å²) >= 11 is 1.45. The lowest BCUT2D eigenvalue weighted by Gasteiger charge is -2.29. The number of carbonyl (C=O) groups is 1. The summed E-state index contributed by atoms with van der Waals surface area (Å²) in [5, 5.41) is 4.32. The van der Waals surface area contributed by atoms with Gasteiger partial charge >= 0.3 is 0 Å². The minimum absolute atomic E-state index is 0.104. The summed E-state index contributed by atoms with van der Waals surface area (Å²) in [4.78, 5) is 14.8. The van der Waals surface area contributed by atoms with E-state index in [1.54, 1.807) is 23.6 Å². The van der Waals surface area contributed by atoms with Crippen molar-refractivity contribution < 1.29 is 22.0 Å². The van der Waals surface area contributed by atoms with Gasteiger partial charge in [-0.1, -0.05) is 17.8 Å². The molecule has 0 spiro atoms. The number of thiophene rings is 1. The van der Waals surface area contributed by atoms with E-state index in [0.29, 0.717) is 30.5 Å². The smallest absolute Gasteiger partial charge is 0.288 e. The van der Waals surface area contributed by atoms with Gasteiger partial charge in [0.15, 0.2) is 9.84 Å². The van der Waals surface area contributed by atoms with Crippen molar-refractivity contribution in [1.82, 2.24) is 0 Å². The predicted octanol–water partition coefficient (Wildman–Crippen LogP) is 3.55. The zero-order valence-electron chi connectivity index (χ0n) is 13.5. The lowest BCUT2D eigenvalue weighted by Crippen LogP contribution is -2.40. The number of anilines is 2. The van der Waals surface area contributed by atoms with Gasteiger partial charge in [-0.25, -0.2) is 8.42 Å². The van der Waals surface area contributed by atoms with Crippen LogP contribution in [0, 0.1) is 0 Å². The Hall–Kier alpha value is -1.65. The quantitative estimate of drug-likeness (QED) is 0.753. The summed E-state index contributed by atoms with van der Waals surface area (Å²) in [6.45, 7) is 0.805. The van der Waals surface area contributed by atoms with Crippen molar-refractivity contribution >= 4 is 50.2 Å². The first-order chi connectivity index (χ1) is 12.3. The van der Waals surface area contributed by atoms with Crippen molar-refractivity contribution in [3.63, 3.8) is 0 Å². The minimum Gasteiger partial charge on any atom is -0.369 e. The highest BCUT2D eigenvalue weighted by atomic mass is 32.2. The second kappa shape index (κ2) is 7.93. The maximum Gasteiger partial charge on any atom is 0.288 e. The van der Waals surface area contributed by atoms with E-state index in [1.807, 2.05) is 11.0 Å². The van der Waals surface area contributed by atoms with Crippen LogP contribution in [0.4, 0.5) is 20.2 Å². The lowest BCUT2D eigenvalue weighted by atomic mass is 10.2. The molecular weight excluding hydrogens is 402 g/mol. The van der Waals surface area contributed by atoms with Crippen molar-refractivity contribution in [2.24, 2.45) is 0 Å². The van der Waals surface area contributed by atoms with Gasteiger partial charge in [0, 0.05) is 29.4 Å². The average Bonchev–Trinajstić information content (AvgIpc) is 3.02. The normalized spacial score (nSPS) is 16.7. The van der Waals surface area contributed by atoms with Crippen LogP contribution in [-0.2, 0) is 9.84 Å². The van der Waals surface area contributed by atoms with Crippen molar-refractivity contribution in [3.05, 3.63) is 40.6 Å². The Morgan fingerprint density at radius 3 is 2.65 bits per heavy atom. The summed E-state index contributed by atoms with van der Waals surface area (Å²) in [7, 11) is -2.97. The summed E-state index contributed by atoms with van der Waals surface area (Å²) in [5.74, 6) is -2.82. The Balaban J connectivity index is 1.71. The molecule has 0 unspecified atom stereocenters. The third-order valence-corrected chi connectivity index (χ3v) is 7.29. The Morgan fingerprint density at radius 2 is 1.96 bits per heavy atom. The van der Waals surface area contributed by atoms with Crippen molar-refractivity contribution in [1.29, 1.82) is 0 Å². The van der Waals surface area contributed by atoms with E-state index < -0.39 is 21.5 Å². The number of hydrogen-bond acceptors (Lipinski definition) is 6. The van der Waals surface area contributed by atoms with Crippen LogP contribution in [0.5, 0.6) is 0 Å². The number of carbonyl (C=O) groups excluding carboxylic acids is 1. The molecule has 5 nitrogen and oxygen atoms in total. The molecule has 1 aromatic heterocycles. The van der Waals surface area contributed by atoms with E-state index in [0.717, 1.165) is 17.0 Å². The topological polar surface area (TPSA) is 66.5 Å². The fourth-order valence-corrected chi connectivity index (χ4v) is 5.39. The molecule has 1 aromatic carbocycles. The first kappa shape index (κ1) is 19.1. The summed E-state index contributed by atoms with van der Waals surface area (Å²) in [5.41, 5.74) is 1.34. The zero-order valence-corrected chi connectivity index (χ0v) is 16.0. The molecule has 0 bridgehead atoms. The monoisotopic (exact) mass is 418 g/mol. The molecule has 2 aromatic rings. The number of nitrogens with one attached hydrogen (secondary N) is 1. The van der Waals surface area contributed by atoms with Crippen LogP contribution < -0.4 is 10.2 Å². The van der Waals surface area contributed by atoms with E-state index in [-0.39, 0.29) is 21.3 Å². The van der Waals surface area contributed by atoms with Gasteiger partial charge in [0.1, 0.15) is 4.88 Å². The van der Waals surface area contributed by atoms with Gasteiger partial charge in [0.05, 0.1) is 11.5 Å². The third-order valence-electron chi connectivity index (χ3n) is 3.86. The molecule has 1 N–H and O–H groups in total. The van der Waals surface area contributed by atoms with Crippen LogP contribution in [0.15, 0.2) is 40.6 Å². The maximum absolute atomic E-state index is 12.6. The maximum atomic E-state index is 12.6. The molecule has 1 aliphatic rings. The highest BCUT2D eigenvalue weighted by Gasteiger charge is 2.22. The van der Waals surface area contributed by atoms with E-state index >= 15 is 0 Å². The number of amides is 1. The molecule has 3 rings (SSSR count). The van der Waals surface area contributed by atoms with Gasteiger partial charge in [-0.2, -0.15) is 8.78 Å². The standard InChI is InChI=1S/C16H16F2N2O3S3/c17-16(18)25-13-4-7-24-14(13)15(21)19-11-2-1-3-12(10-11)20-5-8-26(22,23)9-6-20/h1-4,7,10,16H,5-6,8-9H2,(H,19,21). The van der Waals surface area contributed by atoms with E-state index in [2.05, 4.69) is 5.32 Å². The van der Waals surface area contributed by atoms with Crippen LogP contribution in [0.2, 0.25) is 0 Å². The Bertz CT molecular complexity index is 886. The number of benzene rings is 1. The second-order valence-corrected chi connectivity index (χ2v) is 9.89. The molecule has 0 saturated carbocycles. The van der Waals surface area contributed by atoms with Gasteiger partial charge in [0.25, 0.3) is 11.7 Å². The third kappa shape index (κ3) is 4.74. The Morgan fingerprint density at radius 1 is 1.23 bits per heavy atom. The average molecular weight is 419 g/mol. The molecule has 1 amide bonds. The number of halogens is 2. The highest BCUT2D eigenvalue weighted by molar-refractivity contribution is 7.99. The molecule has 140 valence electrons. The first-order valence-electron chi connectivity index (χ1n) is 7.73. The number of hydrogen-bond donors (Lipinski definition) is 1. The number of nitrogens with zero attached hydrogens (tertiary/aromatic N) is 1. The summed E-state index contributed by atoms with van der Waals surface area (Å²) < 4.78 is 48.2. The molecule has 2 heterocycles. The zero-order chi connectivity index (χ0) is 18.7. The van der Waals surface area contributed by atoms with Crippen molar-refractivity contribution in [2.45, 2.75) is 10.7 Å². The van der Waals surface area contributed by atoms with Gasteiger partial charge in [0.2, 0.25) is 0 Å². The highest BCUT2D eigenvalue weighted by Crippen LogP contribution is 2.32. The van der Waals surface area contributed by atoms with Gasteiger partial charge in [-0.3, -0.25) is 4.79 Å². The van der Waals surface area contributed by atoms with Crippen LogP contribution in [-0.4, -0.2) is 44.7 Å². The molecule has 1 aliphatic heterocycles. The van der Waals surface area contributed by atoms with E-state index in [9.17, 15) is 22.0 Å². The molecule has 10 heteroatoms. The van der Waals surface area contributed by atoms with Gasteiger partial charge < -0.3 is 10.2 Å². The molecule has 0 aliphatic carbocycles. The lowest BCUT2D eigenvalue weighted by molar-refractivity contribution is 0.102. The first-order valence-corrected chi connectivity index (χ1v) is 11.3. The fraction of sp³-hybridized carbons (Fsp3) is 0.312. The van der Waals surface area contributed by atoms with Crippen molar-refractivity contribution in [3.8, 4) is 0 Å². The van der Waals surface area contributed by atoms with Crippen LogP contribution >= 0.6 is 23.1 Å². The number of thioether (sulfide) groups is 1. The largest absolute Gasteiger partial charge is 0.369 e. The summed E-state index contributed by atoms with van der Waals surface area (Å²) in [6, 6.07) is 8.56. The molecule has 26 heavy (non-hydrogen) atoms. The van der Waals surface area contributed by atoms with Crippen LogP contribution in [0.3, 0.4) is 0 Å². The van der Waals surface area contributed by atoms with Crippen molar-refractivity contribution in [2.75, 3.05) is 34.8 Å². The predicted molar refractivity (Wildman–Crippen MR) is 101 cm³/mol. The minimum atomic E-state index is -2.97. The van der Waals surface area contributed by atoms with Gasteiger partial charge in [-0.05, 0) is 29.6 Å². The molecular formula is C16H16F2N2O3S3. The van der Waals surface area contributed by atoms with Crippen LogP contribution in [0.1, 0.15) is 9.67 Å². The van der Waals surface area contributed by atoms with Gasteiger partial charge in [-0.15, -0.1) is 11.3 Å². The number of alkyl halides is 2. The van der Waals surface area contributed by atoms with E-state index in [1.165, 1.54) is 6.07 Å². The Kier molecular flexibility index (Phi) is 5.83. The van der Waals surface area contributed by atoms with Crippen LogP contribution in [0.25, 0.3) is 0 Å². The second-order valence-electron chi connectivity index (χ2n) is 5.64. The molecule has 0 atom stereocenters. The SMILES string of the molecule is O=C(Nc1cccc(N2CCS(=O)(=O)CC2)c1)c1sccc1SC(F)F. The number of sulfone groups is 1. The summed E-state index contributed by atoms with van der Waals surface area (Å²) in [6.07, 6.45) is 0. The number of rotatable bonds is 5. The Labute approximate surface area is 158 Å². The molecule has 1 saturated heterocycles. The van der Waals surface area contributed by atoms with E-state index in [4.69, 9.17) is 0 Å².